The van der Waals surface area contributed by atoms with Crippen LogP contribution in [0.15, 0.2) is 76.8 Å². The van der Waals surface area contributed by atoms with Gasteiger partial charge in [-0.3, -0.25) is 4.79 Å². The summed E-state index contributed by atoms with van der Waals surface area (Å²) in [5, 5.41) is 16.8. The fraction of sp³-hybridized carbons (Fsp3) is 0.375. The molecular formula is C32H35Cl2N5O4. The highest BCUT2D eigenvalue weighted by molar-refractivity contribution is 6.35. The Bertz CT molecular complexity index is 1520. The Morgan fingerprint density at radius 1 is 1.16 bits per heavy atom. The third kappa shape index (κ3) is 8.00. The molecule has 226 valence electrons. The number of hydrogen-bond donors (Lipinski definition) is 2. The number of aliphatic hydroxyl groups is 1. The molecule has 2 atom stereocenters. The molecular weight excluding hydrogens is 589 g/mol. The topological polar surface area (TPSA) is 129 Å². The van der Waals surface area contributed by atoms with E-state index in [0.29, 0.717) is 57.7 Å². The number of nitrogens with zero attached hydrogens (tertiary/aromatic N) is 4. The van der Waals surface area contributed by atoms with Crippen LogP contribution in [0.5, 0.6) is 5.75 Å². The summed E-state index contributed by atoms with van der Waals surface area (Å²) < 4.78 is 12.2. The Morgan fingerprint density at radius 3 is 2.58 bits per heavy atom. The number of aliphatic imine (C=N–C) groups is 1. The average molecular weight is 625 g/mol. The molecule has 9 nitrogen and oxygen atoms in total. The number of benzene rings is 3. The van der Waals surface area contributed by atoms with Crippen molar-refractivity contribution in [2.45, 2.75) is 51.7 Å². The predicted molar refractivity (Wildman–Crippen MR) is 169 cm³/mol. The molecule has 0 saturated carbocycles. The molecule has 0 saturated heterocycles. The molecule has 0 aliphatic carbocycles. The van der Waals surface area contributed by atoms with Crippen LogP contribution in [0.4, 0.5) is 5.69 Å². The summed E-state index contributed by atoms with van der Waals surface area (Å²) in [6, 6.07) is 19.3. The smallest absolute Gasteiger partial charge is 0.252 e. The lowest BCUT2D eigenvalue weighted by atomic mass is 9.81. The van der Waals surface area contributed by atoms with Gasteiger partial charge in [0, 0.05) is 57.8 Å². The maximum absolute atomic E-state index is 14.4. The summed E-state index contributed by atoms with van der Waals surface area (Å²) in [7, 11) is 0. The van der Waals surface area contributed by atoms with Gasteiger partial charge in [0.05, 0.1) is 6.61 Å². The fourth-order valence-electron chi connectivity index (χ4n) is 4.77. The first-order valence-corrected chi connectivity index (χ1v) is 14.8. The molecule has 1 aliphatic rings. The highest BCUT2D eigenvalue weighted by Crippen LogP contribution is 2.46. The number of aliphatic hydroxyl groups excluding tert-OH is 1. The van der Waals surface area contributed by atoms with Crippen LogP contribution < -0.4 is 10.1 Å². The normalized spacial score (nSPS) is 17.9. The second-order valence-electron chi connectivity index (χ2n) is 11.5. The standard InChI is InChI=1S/C32H35Cl2N5O4/c1-31(2,3)15-16-36-30(41)32(20-22-7-4-5-8-27(22)38-39-35)28(25-14-11-23(33)19-26(25)34)43-29(37-32)21-9-12-24(13-10-21)42-18-6-17-40/h4-5,7-14,19,28,40H,6,15-18,20H2,1-3H3,(H,36,41)/t28-,32-/m1/s1. The van der Waals surface area contributed by atoms with Crippen LogP contribution in [0.3, 0.4) is 0 Å². The minimum atomic E-state index is -1.51. The Balaban J connectivity index is 1.84. The third-order valence-corrected chi connectivity index (χ3v) is 7.60. The molecule has 2 N–H and O–H groups in total. The van der Waals surface area contributed by atoms with Gasteiger partial charge in [-0.25, -0.2) is 4.99 Å². The molecule has 1 aliphatic heterocycles. The summed E-state index contributed by atoms with van der Waals surface area (Å²) in [4.78, 5) is 22.3. The van der Waals surface area contributed by atoms with Crippen molar-refractivity contribution in [2.75, 3.05) is 19.8 Å². The largest absolute Gasteiger partial charge is 0.494 e. The summed E-state index contributed by atoms with van der Waals surface area (Å²) in [5.41, 5.74) is 9.90. The number of carbonyl (C=O) groups excluding carboxylic acids is 1. The SMILES string of the molecule is CC(C)(C)CCNC(=O)[C@]1(Cc2ccccc2N=[N+]=[N-])N=C(c2ccc(OCCCO)cc2)O[C@@H]1c1ccc(Cl)cc1Cl. The predicted octanol–water partition coefficient (Wildman–Crippen LogP) is 7.75. The van der Waals surface area contributed by atoms with Gasteiger partial charge in [-0.2, -0.15) is 0 Å². The van der Waals surface area contributed by atoms with E-state index in [9.17, 15) is 10.3 Å². The molecule has 4 rings (SSSR count). The van der Waals surface area contributed by atoms with Gasteiger partial charge < -0.3 is 19.9 Å². The van der Waals surface area contributed by atoms with Gasteiger partial charge in [-0.05, 0) is 59.3 Å². The first-order valence-electron chi connectivity index (χ1n) is 14.0. The maximum atomic E-state index is 14.4. The zero-order valence-electron chi connectivity index (χ0n) is 24.4. The molecule has 0 aromatic heterocycles. The van der Waals surface area contributed by atoms with Gasteiger partial charge in [0.1, 0.15) is 5.75 Å². The van der Waals surface area contributed by atoms with E-state index in [0.717, 1.165) is 6.42 Å². The van der Waals surface area contributed by atoms with Gasteiger partial charge in [-0.1, -0.05) is 79.4 Å². The third-order valence-electron chi connectivity index (χ3n) is 7.04. The van der Waals surface area contributed by atoms with E-state index in [2.05, 4.69) is 36.1 Å². The number of halogens is 2. The van der Waals surface area contributed by atoms with Crippen molar-refractivity contribution in [3.05, 3.63) is 104 Å². The van der Waals surface area contributed by atoms with Crippen molar-refractivity contribution in [3.63, 3.8) is 0 Å². The lowest BCUT2D eigenvalue weighted by Gasteiger charge is -2.32. The summed E-state index contributed by atoms with van der Waals surface area (Å²) in [6.07, 6.45) is 0.400. The highest BCUT2D eigenvalue weighted by atomic mass is 35.5. The number of hydrogen-bond acceptors (Lipinski definition) is 6. The number of amides is 1. The van der Waals surface area contributed by atoms with E-state index in [-0.39, 0.29) is 30.2 Å². The molecule has 11 heteroatoms. The van der Waals surface area contributed by atoms with E-state index in [4.69, 9.17) is 42.8 Å². The Labute approximate surface area is 261 Å². The van der Waals surface area contributed by atoms with Crippen molar-refractivity contribution in [1.29, 1.82) is 0 Å². The molecule has 0 unspecified atom stereocenters. The van der Waals surface area contributed by atoms with Gasteiger partial charge in [0.2, 0.25) is 5.90 Å². The van der Waals surface area contributed by atoms with Crippen LogP contribution in [0.25, 0.3) is 10.4 Å². The highest BCUT2D eigenvalue weighted by Gasteiger charge is 2.54. The van der Waals surface area contributed by atoms with Crippen LogP contribution >= 0.6 is 23.2 Å². The van der Waals surface area contributed by atoms with E-state index in [1.165, 1.54) is 0 Å². The molecule has 0 fully saturated rings. The second kappa shape index (κ2) is 14.1. The van der Waals surface area contributed by atoms with Crippen molar-refractivity contribution >= 4 is 40.7 Å². The fourth-order valence-corrected chi connectivity index (χ4v) is 5.28. The number of nitrogens with one attached hydrogen (secondary N) is 1. The molecule has 0 spiro atoms. The average Bonchev–Trinajstić information content (AvgIpc) is 3.34. The molecule has 0 bridgehead atoms. The second-order valence-corrected chi connectivity index (χ2v) is 12.4. The quantitative estimate of drug-likeness (QED) is 0.0924. The monoisotopic (exact) mass is 623 g/mol. The summed E-state index contributed by atoms with van der Waals surface area (Å²) in [5.74, 6) is 0.537. The number of carbonyl (C=O) groups is 1. The number of azide groups is 1. The van der Waals surface area contributed by atoms with Crippen LogP contribution in [0.2, 0.25) is 10.0 Å². The van der Waals surface area contributed by atoms with Crippen LogP contribution in [0.1, 0.15) is 56.4 Å². The zero-order valence-corrected chi connectivity index (χ0v) is 25.9. The first kappa shape index (κ1) is 32.2. The van der Waals surface area contributed by atoms with E-state index < -0.39 is 11.6 Å². The van der Waals surface area contributed by atoms with Crippen LogP contribution in [0, 0.1) is 5.41 Å². The lowest BCUT2D eigenvalue weighted by molar-refractivity contribution is -0.129. The Morgan fingerprint density at radius 2 is 1.91 bits per heavy atom. The van der Waals surface area contributed by atoms with Gasteiger partial charge in [0.25, 0.3) is 5.91 Å². The van der Waals surface area contributed by atoms with Gasteiger partial charge in [-0.15, -0.1) is 0 Å². The molecule has 1 amide bonds. The Hall–Kier alpha value is -3.75. The first-order chi connectivity index (χ1) is 20.6. The molecule has 3 aromatic rings. The minimum Gasteiger partial charge on any atom is -0.494 e. The zero-order chi connectivity index (χ0) is 31.0. The van der Waals surface area contributed by atoms with Gasteiger partial charge in [0.15, 0.2) is 11.6 Å². The van der Waals surface area contributed by atoms with Crippen molar-refractivity contribution in [3.8, 4) is 5.75 Å². The molecule has 3 aromatic carbocycles. The van der Waals surface area contributed by atoms with E-state index >= 15 is 0 Å². The number of rotatable bonds is 12. The molecule has 0 radical (unpaired) electrons. The maximum Gasteiger partial charge on any atom is 0.252 e. The molecule has 43 heavy (non-hydrogen) atoms. The van der Waals surface area contributed by atoms with E-state index in [1.807, 2.05) is 6.07 Å². The Kier molecular flexibility index (Phi) is 10.6. The van der Waals surface area contributed by atoms with Gasteiger partial charge >= 0.3 is 0 Å². The van der Waals surface area contributed by atoms with Crippen molar-refractivity contribution < 1.29 is 19.4 Å². The van der Waals surface area contributed by atoms with Crippen molar-refractivity contribution in [1.82, 2.24) is 5.32 Å². The number of ether oxygens (including phenoxy) is 2. The van der Waals surface area contributed by atoms with Crippen LogP contribution in [-0.2, 0) is 16.0 Å². The van der Waals surface area contributed by atoms with Crippen molar-refractivity contribution in [2.24, 2.45) is 15.5 Å². The summed E-state index contributed by atoms with van der Waals surface area (Å²) >= 11 is 12.9. The van der Waals surface area contributed by atoms with Crippen LogP contribution in [-0.4, -0.2) is 42.2 Å². The minimum absolute atomic E-state index is 0.00492. The van der Waals surface area contributed by atoms with E-state index in [1.54, 1.807) is 60.7 Å². The molecule has 1 heterocycles. The lowest BCUT2D eigenvalue weighted by Crippen LogP contribution is -2.50. The summed E-state index contributed by atoms with van der Waals surface area (Å²) in [6.45, 7) is 7.16.